The maximum Gasteiger partial charge on any atom is 0.123 e. The van der Waals surface area contributed by atoms with E-state index < -0.39 is 0 Å². The van der Waals surface area contributed by atoms with Crippen molar-refractivity contribution in [1.29, 1.82) is 0 Å². The monoisotopic (exact) mass is 250 g/mol. The summed E-state index contributed by atoms with van der Waals surface area (Å²) in [4.78, 5) is 0. The molecule has 0 amide bonds. The molecule has 0 heterocycles. The van der Waals surface area contributed by atoms with Gasteiger partial charge < -0.3 is 4.74 Å². The molecule has 0 bridgehead atoms. The van der Waals surface area contributed by atoms with Gasteiger partial charge in [0.2, 0.25) is 0 Å². The Labute approximate surface area is 92.6 Å². The summed E-state index contributed by atoms with van der Waals surface area (Å²) in [5, 5.41) is 0. The molecule has 1 aliphatic rings. The Morgan fingerprint density at radius 1 is 1.50 bits per heavy atom. The van der Waals surface area contributed by atoms with E-state index in [1.165, 1.54) is 0 Å². The average molecular weight is 251 g/mol. The van der Waals surface area contributed by atoms with Gasteiger partial charge in [-0.2, -0.15) is 0 Å². The summed E-state index contributed by atoms with van der Waals surface area (Å²) in [6.07, 6.45) is 7.69. The molecule has 2 rings (SSSR count). The van der Waals surface area contributed by atoms with Gasteiger partial charge in [-0.3, -0.25) is 0 Å². The number of ether oxygens (including phenoxy) is 1. The van der Waals surface area contributed by atoms with Crippen LogP contribution in [0.5, 0.6) is 5.75 Å². The molecule has 0 atom stereocenters. The van der Waals surface area contributed by atoms with E-state index in [0.29, 0.717) is 0 Å². The Hall–Kier alpha value is -0.940. The van der Waals surface area contributed by atoms with Crippen molar-refractivity contribution in [3.63, 3.8) is 0 Å². The van der Waals surface area contributed by atoms with Gasteiger partial charge >= 0.3 is 0 Å². The Bertz CT molecular complexity index is 399. The molecule has 1 aromatic carbocycles. The third-order valence-electron chi connectivity index (χ3n) is 2.70. The van der Waals surface area contributed by atoms with Crippen LogP contribution in [-0.4, -0.2) is 7.11 Å². The predicted molar refractivity (Wildman–Crippen MR) is 60.4 cm³/mol. The molecule has 1 nitrogen and oxygen atoms in total. The van der Waals surface area contributed by atoms with Crippen molar-refractivity contribution in [2.75, 3.05) is 7.11 Å². The third kappa shape index (κ3) is 1.42. The molecule has 0 unspecified atom stereocenters. The average Bonchev–Trinajstić information content (AvgIpc) is 2.98. The molecule has 0 saturated heterocycles. The van der Waals surface area contributed by atoms with E-state index in [4.69, 9.17) is 11.2 Å². The van der Waals surface area contributed by atoms with E-state index in [2.05, 4.69) is 27.9 Å². The zero-order valence-electron chi connectivity index (χ0n) is 8.01. The Balaban J connectivity index is 2.51. The Morgan fingerprint density at radius 2 is 2.21 bits per heavy atom. The fraction of sp³-hybridized carbons (Fsp3) is 0.333. The molecule has 1 saturated carbocycles. The normalized spacial score (nSPS) is 17.2. The zero-order chi connectivity index (χ0) is 10.2. The van der Waals surface area contributed by atoms with E-state index in [9.17, 15) is 0 Å². The molecule has 0 N–H and O–H groups in total. The van der Waals surface area contributed by atoms with Crippen LogP contribution in [0.25, 0.3) is 0 Å². The van der Waals surface area contributed by atoms with Gasteiger partial charge in [0, 0.05) is 10.0 Å². The number of benzene rings is 1. The molecule has 1 aliphatic carbocycles. The van der Waals surface area contributed by atoms with Crippen LogP contribution in [0.4, 0.5) is 0 Å². The molecule has 1 aromatic rings. The second-order valence-corrected chi connectivity index (χ2v) is 4.49. The first kappa shape index (κ1) is 9.61. The number of hydrogen-bond acceptors (Lipinski definition) is 1. The fourth-order valence-electron chi connectivity index (χ4n) is 1.67. The highest BCUT2D eigenvalue weighted by Crippen LogP contribution is 2.51. The van der Waals surface area contributed by atoms with Crippen molar-refractivity contribution in [3.05, 3.63) is 28.2 Å². The lowest BCUT2D eigenvalue weighted by atomic mass is 9.96. The molecule has 14 heavy (non-hydrogen) atoms. The second-order valence-electron chi connectivity index (χ2n) is 3.57. The minimum atomic E-state index is -0.0604. The van der Waals surface area contributed by atoms with Crippen LogP contribution in [0.1, 0.15) is 18.4 Å². The number of hydrogen-bond donors (Lipinski definition) is 0. The quantitative estimate of drug-likeness (QED) is 0.734. The van der Waals surface area contributed by atoms with Crippen molar-refractivity contribution >= 4 is 15.9 Å². The minimum absolute atomic E-state index is 0.0604. The summed E-state index contributed by atoms with van der Waals surface area (Å²) in [5.74, 6) is 3.76. The van der Waals surface area contributed by atoms with Gasteiger partial charge in [-0.15, -0.1) is 6.42 Å². The summed E-state index contributed by atoms with van der Waals surface area (Å²) in [6, 6.07) is 5.98. The van der Waals surface area contributed by atoms with Crippen molar-refractivity contribution in [2.45, 2.75) is 18.3 Å². The van der Waals surface area contributed by atoms with Gasteiger partial charge in [0.15, 0.2) is 0 Å². The van der Waals surface area contributed by atoms with Crippen LogP contribution in [0.15, 0.2) is 22.7 Å². The first-order chi connectivity index (χ1) is 6.72. The molecule has 0 radical (unpaired) electrons. The minimum Gasteiger partial charge on any atom is -0.496 e. The van der Waals surface area contributed by atoms with Gasteiger partial charge in [-0.05, 0) is 31.0 Å². The van der Waals surface area contributed by atoms with Crippen molar-refractivity contribution in [1.82, 2.24) is 0 Å². The number of terminal acetylenes is 1. The molecule has 72 valence electrons. The zero-order valence-corrected chi connectivity index (χ0v) is 9.60. The van der Waals surface area contributed by atoms with Crippen LogP contribution in [0.2, 0.25) is 0 Å². The van der Waals surface area contributed by atoms with Crippen LogP contribution >= 0.6 is 15.9 Å². The molecule has 0 aliphatic heterocycles. The largest absolute Gasteiger partial charge is 0.496 e. The van der Waals surface area contributed by atoms with E-state index in [1.54, 1.807) is 7.11 Å². The fourth-order valence-corrected chi connectivity index (χ4v) is 2.03. The lowest BCUT2D eigenvalue weighted by Crippen LogP contribution is -2.05. The van der Waals surface area contributed by atoms with Crippen LogP contribution < -0.4 is 4.74 Å². The summed E-state index contributed by atoms with van der Waals surface area (Å²) >= 11 is 3.45. The summed E-state index contributed by atoms with van der Waals surface area (Å²) in [7, 11) is 1.68. The SMILES string of the molecule is C#CC1(c2cc(Br)ccc2OC)CC1. The molecule has 2 heteroatoms. The summed E-state index contributed by atoms with van der Waals surface area (Å²) in [6.45, 7) is 0. The first-order valence-corrected chi connectivity index (χ1v) is 5.33. The molecule has 1 fully saturated rings. The highest BCUT2D eigenvalue weighted by atomic mass is 79.9. The molecular weight excluding hydrogens is 240 g/mol. The third-order valence-corrected chi connectivity index (χ3v) is 3.20. The summed E-state index contributed by atoms with van der Waals surface area (Å²) < 4.78 is 6.36. The lowest BCUT2D eigenvalue weighted by molar-refractivity contribution is 0.407. The van der Waals surface area contributed by atoms with Crippen molar-refractivity contribution in [3.8, 4) is 18.1 Å². The smallest absolute Gasteiger partial charge is 0.123 e. The molecule has 0 aromatic heterocycles. The predicted octanol–water partition coefficient (Wildman–Crippen LogP) is 3.12. The number of rotatable bonds is 2. The second kappa shape index (κ2) is 3.33. The first-order valence-electron chi connectivity index (χ1n) is 4.54. The number of halogens is 1. The molecular formula is C12H11BrO. The van der Waals surface area contributed by atoms with Crippen molar-refractivity contribution in [2.24, 2.45) is 0 Å². The maximum absolute atomic E-state index is 5.55. The highest BCUT2D eigenvalue weighted by molar-refractivity contribution is 9.10. The van der Waals surface area contributed by atoms with Gasteiger partial charge in [0.1, 0.15) is 5.75 Å². The Kier molecular flexibility index (Phi) is 2.28. The van der Waals surface area contributed by atoms with Crippen LogP contribution in [0, 0.1) is 12.3 Å². The number of methoxy groups -OCH3 is 1. The van der Waals surface area contributed by atoms with Gasteiger partial charge in [0.05, 0.1) is 12.5 Å². The molecule has 0 spiro atoms. The Morgan fingerprint density at radius 3 is 2.71 bits per heavy atom. The van der Waals surface area contributed by atoms with Crippen LogP contribution in [0.3, 0.4) is 0 Å². The van der Waals surface area contributed by atoms with Gasteiger partial charge in [0.25, 0.3) is 0 Å². The van der Waals surface area contributed by atoms with Gasteiger partial charge in [-0.25, -0.2) is 0 Å². The van der Waals surface area contributed by atoms with E-state index >= 15 is 0 Å². The lowest BCUT2D eigenvalue weighted by Gasteiger charge is -2.13. The van der Waals surface area contributed by atoms with Gasteiger partial charge in [-0.1, -0.05) is 21.9 Å². The van der Waals surface area contributed by atoms with E-state index in [1.807, 2.05) is 12.1 Å². The van der Waals surface area contributed by atoms with E-state index in [0.717, 1.165) is 28.6 Å². The standard InChI is InChI=1S/C12H11BrO/c1-3-12(6-7-12)10-8-9(13)4-5-11(10)14-2/h1,4-5,8H,6-7H2,2H3. The highest BCUT2D eigenvalue weighted by Gasteiger charge is 2.44. The van der Waals surface area contributed by atoms with E-state index in [-0.39, 0.29) is 5.41 Å². The van der Waals surface area contributed by atoms with Crippen molar-refractivity contribution < 1.29 is 4.74 Å². The van der Waals surface area contributed by atoms with Crippen LogP contribution in [-0.2, 0) is 5.41 Å². The topological polar surface area (TPSA) is 9.23 Å². The maximum atomic E-state index is 5.55. The summed E-state index contributed by atoms with van der Waals surface area (Å²) in [5.41, 5.74) is 1.08.